The number of halogens is 1. The monoisotopic (exact) mass is 508 g/mol. The van der Waals surface area contributed by atoms with E-state index in [1.165, 1.54) is 54.4 Å². The van der Waals surface area contributed by atoms with Crippen LogP contribution in [0.15, 0.2) is 91.0 Å². The van der Waals surface area contributed by atoms with Gasteiger partial charge in [0.1, 0.15) is 29.3 Å². The molecular weight excluding hydrogens is 475 g/mol. The van der Waals surface area contributed by atoms with Crippen molar-refractivity contribution in [3.05, 3.63) is 91.0 Å². The number of hydrogen-bond donors (Lipinski definition) is 0. The molecule has 3 aromatic carbocycles. The molecule has 3 aromatic rings. The van der Waals surface area contributed by atoms with Gasteiger partial charge in [0.05, 0.1) is 0 Å². The second kappa shape index (κ2) is 12.5. The molecule has 0 aliphatic heterocycles. The van der Waals surface area contributed by atoms with Gasteiger partial charge in [-0.15, -0.1) is 0 Å². The van der Waals surface area contributed by atoms with Crippen molar-refractivity contribution in [2.24, 2.45) is 5.92 Å². The average Bonchev–Trinajstić information content (AvgIpc) is 2.85. The Morgan fingerprint density at radius 1 is 0.688 bits per heavy atom. The van der Waals surface area contributed by atoms with E-state index in [1.807, 2.05) is 0 Å². The van der Waals surface area contributed by atoms with E-state index in [0.717, 1.165) is 12.3 Å². The summed E-state index contributed by atoms with van der Waals surface area (Å²) in [4.78, 5) is 13.4. The molecule has 1 fully saturated rings. The van der Waals surface area contributed by atoms with E-state index < -0.39 is 7.26 Å². The summed E-state index contributed by atoms with van der Waals surface area (Å²) < 4.78 is 0. The van der Waals surface area contributed by atoms with Gasteiger partial charge < -0.3 is 17.0 Å². The number of carbonyl (C=O) groups excluding carboxylic acids is 1. The van der Waals surface area contributed by atoms with Crippen LogP contribution in [0, 0.1) is 5.92 Å². The lowest BCUT2D eigenvalue weighted by Gasteiger charge is -2.27. The largest absolute Gasteiger partial charge is 1.00 e. The highest BCUT2D eigenvalue weighted by Crippen LogP contribution is 2.55. The molecule has 0 atom stereocenters. The lowest BCUT2D eigenvalue weighted by Crippen LogP contribution is -3.00. The average molecular weight is 509 g/mol. The second-order valence-electron chi connectivity index (χ2n) is 8.91. The number of Topliss-reactive ketones (excluding diaryl/α,β-unsaturated/α-hetero) is 1. The minimum atomic E-state index is -2.03. The van der Waals surface area contributed by atoms with Crippen molar-refractivity contribution < 1.29 is 21.8 Å². The molecule has 0 amide bonds. The first kappa shape index (κ1) is 24.9. The van der Waals surface area contributed by atoms with Crippen LogP contribution in [-0.4, -0.2) is 11.9 Å². The molecule has 1 saturated carbocycles. The van der Waals surface area contributed by atoms with Crippen LogP contribution in [0.5, 0.6) is 0 Å². The van der Waals surface area contributed by atoms with E-state index in [2.05, 4.69) is 91.0 Å². The predicted molar refractivity (Wildman–Crippen MR) is 135 cm³/mol. The zero-order valence-corrected chi connectivity index (χ0v) is 21.3. The third-order valence-electron chi connectivity index (χ3n) is 6.80. The minimum absolute atomic E-state index is 0. The molecule has 168 valence electrons. The first-order valence-electron chi connectivity index (χ1n) is 11.9. The van der Waals surface area contributed by atoms with Crippen LogP contribution >= 0.6 is 7.26 Å². The number of benzene rings is 3. The van der Waals surface area contributed by atoms with Crippen molar-refractivity contribution in [2.45, 2.75) is 51.4 Å². The van der Waals surface area contributed by atoms with E-state index in [9.17, 15) is 4.79 Å². The molecule has 0 spiro atoms. The van der Waals surface area contributed by atoms with Crippen LogP contribution in [-0.2, 0) is 4.79 Å². The number of ketones is 1. The van der Waals surface area contributed by atoms with Gasteiger partial charge in [0.15, 0.2) is 5.78 Å². The lowest BCUT2D eigenvalue weighted by atomic mass is 9.85. The van der Waals surface area contributed by atoms with Crippen LogP contribution in [0.2, 0.25) is 0 Å². The fourth-order valence-corrected chi connectivity index (χ4v) is 9.35. The quantitative estimate of drug-likeness (QED) is 0.405. The summed E-state index contributed by atoms with van der Waals surface area (Å²) in [5.74, 6) is 1.26. The van der Waals surface area contributed by atoms with E-state index in [0.29, 0.717) is 18.4 Å². The van der Waals surface area contributed by atoms with E-state index in [1.54, 1.807) is 0 Å². The Balaban J connectivity index is 0.00000289. The summed E-state index contributed by atoms with van der Waals surface area (Å²) in [5, 5.41) is 3.90. The van der Waals surface area contributed by atoms with Crippen molar-refractivity contribution in [3.8, 4) is 0 Å². The highest BCUT2D eigenvalue weighted by Gasteiger charge is 2.46. The Kier molecular flexibility index (Phi) is 9.69. The molecule has 32 heavy (non-hydrogen) atoms. The third-order valence-corrected chi connectivity index (χ3v) is 11.2. The molecule has 0 N–H and O–H groups in total. The van der Waals surface area contributed by atoms with Crippen LogP contribution < -0.4 is 32.9 Å². The van der Waals surface area contributed by atoms with E-state index in [4.69, 9.17) is 0 Å². The van der Waals surface area contributed by atoms with Crippen molar-refractivity contribution >= 4 is 29.0 Å². The SMILES string of the molecule is O=C(CCCC1CCCCC1)C[P+](c1ccccc1)(c1ccccc1)c1ccccc1.[Br-]. The Morgan fingerprint density at radius 3 is 1.56 bits per heavy atom. The molecule has 0 heterocycles. The van der Waals surface area contributed by atoms with Crippen molar-refractivity contribution in [1.82, 2.24) is 0 Å². The fourth-order valence-electron chi connectivity index (χ4n) is 5.18. The maximum Gasteiger partial charge on any atom is 0.171 e. The fraction of sp³-hybridized carbons (Fsp3) is 0.345. The lowest BCUT2D eigenvalue weighted by molar-refractivity contribution is -0.116. The summed E-state index contributed by atoms with van der Waals surface area (Å²) in [5.41, 5.74) is 0. The first-order chi connectivity index (χ1) is 15.3. The molecule has 1 aliphatic carbocycles. The van der Waals surface area contributed by atoms with E-state index >= 15 is 0 Å². The van der Waals surface area contributed by atoms with Crippen LogP contribution in [0.3, 0.4) is 0 Å². The first-order valence-corrected chi connectivity index (χ1v) is 13.8. The topological polar surface area (TPSA) is 17.1 Å². The van der Waals surface area contributed by atoms with Crippen molar-refractivity contribution in [2.75, 3.05) is 6.16 Å². The summed E-state index contributed by atoms with van der Waals surface area (Å²) in [6.45, 7) is 0. The molecule has 0 unspecified atom stereocenters. The smallest absolute Gasteiger partial charge is 0.171 e. The van der Waals surface area contributed by atoms with Gasteiger partial charge in [0.25, 0.3) is 0 Å². The van der Waals surface area contributed by atoms with E-state index in [-0.39, 0.29) is 17.0 Å². The predicted octanol–water partition coefficient (Wildman–Crippen LogP) is 3.30. The summed E-state index contributed by atoms with van der Waals surface area (Å²) in [7, 11) is -2.03. The van der Waals surface area contributed by atoms with Gasteiger partial charge >= 0.3 is 0 Å². The maximum atomic E-state index is 13.4. The molecule has 0 bridgehead atoms. The number of hydrogen-bond acceptors (Lipinski definition) is 1. The summed E-state index contributed by atoms with van der Waals surface area (Å²) in [6.07, 6.45) is 10.5. The zero-order chi connectivity index (χ0) is 21.4. The number of carbonyl (C=O) groups is 1. The third kappa shape index (κ3) is 5.97. The van der Waals surface area contributed by atoms with Gasteiger partial charge in [0, 0.05) is 6.42 Å². The van der Waals surface area contributed by atoms with Crippen molar-refractivity contribution in [3.63, 3.8) is 0 Å². The van der Waals surface area contributed by atoms with Gasteiger partial charge in [-0.05, 0) is 48.7 Å². The highest BCUT2D eigenvalue weighted by atomic mass is 79.9. The Bertz CT molecular complexity index is 840. The molecule has 1 nitrogen and oxygen atoms in total. The summed E-state index contributed by atoms with van der Waals surface area (Å²) >= 11 is 0. The molecule has 0 saturated heterocycles. The van der Waals surface area contributed by atoms with Gasteiger partial charge in [-0.3, -0.25) is 4.79 Å². The van der Waals surface area contributed by atoms with Gasteiger partial charge in [-0.25, -0.2) is 0 Å². The van der Waals surface area contributed by atoms with Gasteiger partial charge in [-0.1, -0.05) is 93.1 Å². The minimum Gasteiger partial charge on any atom is -1.00 e. The standard InChI is InChI=1S/C29H34OP.BrH/c30-26(17-13-16-25-14-5-1-6-15-25)24-31(27-18-7-2-8-19-27,28-20-9-3-10-21-28)29-22-11-4-12-23-29;/h2-4,7-12,18-23,25H,1,5-6,13-17,24H2;1H/q+1;/p-1. The molecular formula is C29H34BrOP. The van der Waals surface area contributed by atoms with Crippen LogP contribution in [0.1, 0.15) is 51.4 Å². The Hall–Kier alpha value is -1.76. The maximum absolute atomic E-state index is 13.4. The van der Waals surface area contributed by atoms with Crippen LogP contribution in [0.25, 0.3) is 0 Å². The van der Waals surface area contributed by atoms with Crippen molar-refractivity contribution in [1.29, 1.82) is 0 Å². The Morgan fingerprint density at radius 2 is 1.12 bits per heavy atom. The van der Waals surface area contributed by atoms with Crippen LogP contribution in [0.4, 0.5) is 0 Å². The number of rotatable bonds is 9. The molecule has 1 aliphatic rings. The summed E-state index contributed by atoms with van der Waals surface area (Å²) in [6, 6.07) is 32.2. The molecule has 3 heteroatoms. The molecule has 4 rings (SSSR count). The van der Waals surface area contributed by atoms with Gasteiger partial charge in [-0.2, -0.15) is 0 Å². The second-order valence-corrected chi connectivity index (χ2v) is 12.4. The van der Waals surface area contributed by atoms with Gasteiger partial charge in [0.2, 0.25) is 0 Å². The molecule has 0 aromatic heterocycles. The highest BCUT2D eigenvalue weighted by molar-refractivity contribution is 7.96. The zero-order valence-electron chi connectivity index (χ0n) is 18.8. The molecule has 0 radical (unpaired) electrons. The normalized spacial score (nSPS) is 14.5. The Labute approximate surface area is 204 Å².